The van der Waals surface area contributed by atoms with E-state index in [0.29, 0.717) is 25.5 Å². The van der Waals surface area contributed by atoms with Gasteiger partial charge in [0, 0.05) is 20.1 Å². The number of rotatable bonds is 7. The van der Waals surface area contributed by atoms with Crippen molar-refractivity contribution in [3.63, 3.8) is 0 Å². The molecule has 7 heteroatoms. The SMILES string of the molecule is CCCNC(=NC)NCCCN(C)CC(F)(F)F. The van der Waals surface area contributed by atoms with E-state index in [9.17, 15) is 13.2 Å². The molecule has 2 N–H and O–H groups in total. The van der Waals surface area contributed by atoms with Gasteiger partial charge in [0.15, 0.2) is 5.96 Å². The van der Waals surface area contributed by atoms with Crippen LogP contribution in [0.3, 0.4) is 0 Å². The third-order valence-corrected chi connectivity index (χ3v) is 2.22. The molecule has 0 radical (unpaired) electrons. The van der Waals surface area contributed by atoms with Crippen LogP contribution in [0.5, 0.6) is 0 Å². The number of nitrogens with one attached hydrogen (secondary N) is 2. The highest BCUT2D eigenvalue weighted by Gasteiger charge is 2.28. The third kappa shape index (κ3) is 10.2. The fraction of sp³-hybridized carbons (Fsp3) is 0.909. The zero-order valence-electron chi connectivity index (χ0n) is 11.3. The molecular formula is C11H23F3N4. The summed E-state index contributed by atoms with van der Waals surface area (Å²) in [5.41, 5.74) is 0. The average molecular weight is 268 g/mol. The molecule has 0 atom stereocenters. The lowest BCUT2D eigenvalue weighted by Crippen LogP contribution is -2.39. The van der Waals surface area contributed by atoms with Crippen LogP contribution in [-0.4, -0.2) is 57.3 Å². The second-order valence-corrected chi connectivity index (χ2v) is 4.13. The van der Waals surface area contributed by atoms with Crippen molar-refractivity contribution in [3.8, 4) is 0 Å². The smallest absolute Gasteiger partial charge is 0.356 e. The first kappa shape index (κ1) is 17.0. The van der Waals surface area contributed by atoms with E-state index in [1.807, 2.05) is 6.92 Å². The van der Waals surface area contributed by atoms with Crippen LogP contribution in [0.1, 0.15) is 19.8 Å². The van der Waals surface area contributed by atoms with Gasteiger partial charge in [0.05, 0.1) is 6.54 Å². The van der Waals surface area contributed by atoms with Crippen molar-refractivity contribution in [2.24, 2.45) is 4.99 Å². The van der Waals surface area contributed by atoms with Crippen molar-refractivity contribution in [1.82, 2.24) is 15.5 Å². The van der Waals surface area contributed by atoms with Gasteiger partial charge >= 0.3 is 6.18 Å². The highest BCUT2D eigenvalue weighted by atomic mass is 19.4. The van der Waals surface area contributed by atoms with Gasteiger partial charge in [0.25, 0.3) is 0 Å². The molecule has 0 aromatic carbocycles. The molecule has 0 aromatic heterocycles. The maximum atomic E-state index is 12.1. The summed E-state index contributed by atoms with van der Waals surface area (Å²) in [5.74, 6) is 0.690. The minimum atomic E-state index is -4.12. The first-order valence-corrected chi connectivity index (χ1v) is 6.09. The molecule has 0 unspecified atom stereocenters. The van der Waals surface area contributed by atoms with E-state index in [1.165, 1.54) is 11.9 Å². The third-order valence-electron chi connectivity index (χ3n) is 2.22. The molecule has 0 aliphatic rings. The Morgan fingerprint density at radius 3 is 2.33 bits per heavy atom. The number of hydrogen-bond donors (Lipinski definition) is 2. The molecule has 0 saturated carbocycles. The standard InChI is InChI=1S/C11H23F3N4/c1-4-6-16-10(15-2)17-7-5-8-18(3)9-11(12,13)14/h4-9H2,1-3H3,(H2,15,16,17). The normalized spacial score (nSPS) is 12.9. The van der Waals surface area contributed by atoms with Gasteiger partial charge in [-0.15, -0.1) is 0 Å². The van der Waals surface area contributed by atoms with Gasteiger partial charge in [-0.1, -0.05) is 6.92 Å². The molecule has 0 fully saturated rings. The monoisotopic (exact) mass is 268 g/mol. The first-order valence-electron chi connectivity index (χ1n) is 6.09. The Morgan fingerprint density at radius 1 is 1.22 bits per heavy atom. The van der Waals surface area contributed by atoms with Gasteiger partial charge in [-0.3, -0.25) is 9.89 Å². The van der Waals surface area contributed by atoms with E-state index in [1.54, 1.807) is 7.05 Å². The number of hydrogen-bond acceptors (Lipinski definition) is 2. The van der Waals surface area contributed by atoms with Crippen LogP contribution in [0.15, 0.2) is 4.99 Å². The average Bonchev–Trinajstić information content (AvgIpc) is 2.26. The summed E-state index contributed by atoms with van der Waals surface area (Å²) in [6.07, 6.45) is -2.49. The van der Waals surface area contributed by atoms with Gasteiger partial charge in [-0.05, 0) is 26.4 Å². The molecule has 108 valence electrons. The van der Waals surface area contributed by atoms with Crippen LogP contribution in [-0.2, 0) is 0 Å². The summed E-state index contributed by atoms with van der Waals surface area (Å²) < 4.78 is 36.2. The maximum Gasteiger partial charge on any atom is 0.401 e. The Labute approximate surface area is 107 Å². The number of aliphatic imine (C=N–C) groups is 1. The molecule has 0 amide bonds. The van der Waals surface area contributed by atoms with Crippen LogP contribution < -0.4 is 10.6 Å². The lowest BCUT2D eigenvalue weighted by Gasteiger charge is -2.18. The van der Waals surface area contributed by atoms with Crippen molar-refractivity contribution < 1.29 is 13.2 Å². The fourth-order valence-electron chi connectivity index (χ4n) is 1.40. The van der Waals surface area contributed by atoms with Crippen molar-refractivity contribution in [3.05, 3.63) is 0 Å². The van der Waals surface area contributed by atoms with Crippen LogP contribution in [0.2, 0.25) is 0 Å². The van der Waals surface area contributed by atoms with Crippen LogP contribution in [0.4, 0.5) is 13.2 Å². The number of halogens is 3. The van der Waals surface area contributed by atoms with Gasteiger partial charge in [0.2, 0.25) is 0 Å². The zero-order valence-corrected chi connectivity index (χ0v) is 11.3. The van der Waals surface area contributed by atoms with Crippen LogP contribution >= 0.6 is 0 Å². The zero-order chi connectivity index (χ0) is 14.0. The molecule has 0 spiro atoms. The number of nitrogens with zero attached hydrogens (tertiary/aromatic N) is 2. The molecule has 0 bridgehead atoms. The number of guanidine groups is 1. The van der Waals surface area contributed by atoms with E-state index in [0.717, 1.165) is 13.0 Å². The predicted molar refractivity (Wildman–Crippen MR) is 67.8 cm³/mol. The Bertz CT molecular complexity index is 241. The van der Waals surface area contributed by atoms with E-state index in [4.69, 9.17) is 0 Å². The summed E-state index contributed by atoms with van der Waals surface area (Å²) in [5, 5.41) is 6.14. The van der Waals surface area contributed by atoms with Crippen LogP contribution in [0, 0.1) is 0 Å². The molecule has 0 aromatic rings. The van der Waals surface area contributed by atoms with Crippen molar-refractivity contribution >= 4 is 5.96 Å². The second kappa shape index (κ2) is 9.02. The molecule has 18 heavy (non-hydrogen) atoms. The van der Waals surface area contributed by atoms with E-state index >= 15 is 0 Å². The van der Waals surface area contributed by atoms with Crippen molar-refractivity contribution in [1.29, 1.82) is 0 Å². The first-order chi connectivity index (χ1) is 8.39. The molecule has 0 heterocycles. The Kier molecular flexibility index (Phi) is 8.53. The fourth-order valence-corrected chi connectivity index (χ4v) is 1.40. The van der Waals surface area contributed by atoms with E-state index in [2.05, 4.69) is 15.6 Å². The van der Waals surface area contributed by atoms with Gasteiger partial charge in [-0.25, -0.2) is 0 Å². The highest BCUT2D eigenvalue weighted by Crippen LogP contribution is 2.15. The molecule has 0 rings (SSSR count). The molecule has 0 saturated heterocycles. The summed E-state index contributed by atoms with van der Waals surface area (Å²) in [6, 6.07) is 0. The van der Waals surface area contributed by atoms with Gasteiger partial charge in [0.1, 0.15) is 0 Å². The predicted octanol–water partition coefficient (Wildman–Crippen LogP) is 1.45. The Balaban J connectivity index is 3.66. The minimum Gasteiger partial charge on any atom is -0.356 e. The second-order valence-electron chi connectivity index (χ2n) is 4.13. The van der Waals surface area contributed by atoms with Crippen molar-refractivity contribution in [2.45, 2.75) is 25.9 Å². The van der Waals surface area contributed by atoms with E-state index < -0.39 is 12.7 Å². The largest absolute Gasteiger partial charge is 0.401 e. The summed E-state index contributed by atoms with van der Waals surface area (Å²) in [4.78, 5) is 5.27. The topological polar surface area (TPSA) is 39.7 Å². The Hall–Kier alpha value is -0.980. The number of alkyl halides is 3. The molecule has 0 aliphatic carbocycles. The highest BCUT2D eigenvalue weighted by molar-refractivity contribution is 5.79. The maximum absolute atomic E-state index is 12.1. The summed E-state index contributed by atoms with van der Waals surface area (Å²) in [7, 11) is 3.14. The molecular weight excluding hydrogens is 245 g/mol. The quantitative estimate of drug-likeness (QED) is 0.417. The minimum absolute atomic E-state index is 0.400. The lowest BCUT2D eigenvalue weighted by molar-refractivity contribution is -0.143. The van der Waals surface area contributed by atoms with Gasteiger partial charge < -0.3 is 10.6 Å². The van der Waals surface area contributed by atoms with E-state index in [-0.39, 0.29) is 0 Å². The van der Waals surface area contributed by atoms with Gasteiger partial charge in [-0.2, -0.15) is 13.2 Å². The van der Waals surface area contributed by atoms with Crippen LogP contribution in [0.25, 0.3) is 0 Å². The molecule has 0 aliphatic heterocycles. The summed E-state index contributed by atoms with van der Waals surface area (Å²) in [6.45, 7) is 3.01. The Morgan fingerprint density at radius 2 is 1.83 bits per heavy atom. The van der Waals surface area contributed by atoms with Crippen molar-refractivity contribution in [2.75, 3.05) is 40.3 Å². The molecule has 4 nitrogen and oxygen atoms in total. The lowest BCUT2D eigenvalue weighted by atomic mass is 10.4. The summed E-state index contributed by atoms with van der Waals surface area (Å²) >= 11 is 0.